The van der Waals surface area contributed by atoms with Crippen LogP contribution < -0.4 is 9.64 Å². The fraction of sp³-hybridized carbons (Fsp3) is 0.385. The van der Waals surface area contributed by atoms with Crippen LogP contribution in [0.25, 0.3) is 0 Å². The Morgan fingerprint density at radius 1 is 1.14 bits per heavy atom. The Kier molecular flexibility index (Phi) is 7.39. The largest absolute Gasteiger partial charge is 0.491 e. The van der Waals surface area contributed by atoms with Crippen molar-refractivity contribution in [3.8, 4) is 5.75 Å². The highest BCUT2D eigenvalue weighted by Gasteiger charge is 2.45. The molecule has 0 saturated carbocycles. The summed E-state index contributed by atoms with van der Waals surface area (Å²) in [4.78, 5) is 19.8. The molecule has 10 heteroatoms. The molecule has 2 atom stereocenters. The van der Waals surface area contributed by atoms with E-state index in [0.29, 0.717) is 35.4 Å². The number of piperazine rings is 1. The molecule has 36 heavy (non-hydrogen) atoms. The lowest BCUT2D eigenvalue weighted by molar-refractivity contribution is -0.189. The van der Waals surface area contributed by atoms with Crippen molar-refractivity contribution in [2.24, 2.45) is 0 Å². The standard InChI is InChI=1S/C26H28Cl2N4O4/c1-19(33)31-10-12-32(13-11-31)21-3-5-22(6-4-21)34-15-23-16-35-26(36-23,17-30-9-8-29-18-30)24-7-2-20(27)14-25(24)28/h2-9,14,18,23H,10-13,15-17H2,1H3/t23?,26-/m0/s1. The molecule has 0 aliphatic carbocycles. The molecule has 0 bridgehead atoms. The van der Waals surface area contributed by atoms with Crippen molar-refractivity contribution in [1.82, 2.24) is 14.5 Å². The van der Waals surface area contributed by atoms with E-state index in [0.717, 1.165) is 37.6 Å². The summed E-state index contributed by atoms with van der Waals surface area (Å²) in [6.07, 6.45) is 4.98. The molecule has 2 aromatic carbocycles. The summed E-state index contributed by atoms with van der Waals surface area (Å²) in [7, 11) is 0. The lowest BCUT2D eigenvalue weighted by Gasteiger charge is -2.35. The molecule has 1 aromatic heterocycles. The Bertz CT molecular complexity index is 1180. The van der Waals surface area contributed by atoms with E-state index in [1.807, 2.05) is 46.0 Å². The molecule has 1 amide bonds. The van der Waals surface area contributed by atoms with Gasteiger partial charge in [-0.2, -0.15) is 0 Å². The van der Waals surface area contributed by atoms with Gasteiger partial charge in [0.05, 0.1) is 24.5 Å². The molecule has 5 rings (SSSR count). The normalized spacial score (nSPS) is 22.1. The van der Waals surface area contributed by atoms with Crippen LogP contribution in [-0.2, 0) is 26.6 Å². The second-order valence-electron chi connectivity index (χ2n) is 8.96. The van der Waals surface area contributed by atoms with Gasteiger partial charge in [-0.3, -0.25) is 4.79 Å². The van der Waals surface area contributed by atoms with Gasteiger partial charge in [-0.15, -0.1) is 0 Å². The minimum absolute atomic E-state index is 0.129. The summed E-state index contributed by atoms with van der Waals surface area (Å²) in [5, 5.41) is 1.02. The number of hydrogen-bond acceptors (Lipinski definition) is 6. The Balaban J connectivity index is 1.22. The smallest absolute Gasteiger partial charge is 0.219 e. The zero-order valence-corrected chi connectivity index (χ0v) is 21.5. The highest BCUT2D eigenvalue weighted by molar-refractivity contribution is 6.35. The quantitative estimate of drug-likeness (QED) is 0.455. The zero-order valence-electron chi connectivity index (χ0n) is 20.0. The molecule has 190 valence electrons. The molecule has 2 saturated heterocycles. The van der Waals surface area contributed by atoms with Crippen LogP contribution in [0.4, 0.5) is 5.69 Å². The van der Waals surface area contributed by atoms with E-state index < -0.39 is 5.79 Å². The molecule has 3 aromatic rings. The van der Waals surface area contributed by atoms with Crippen LogP contribution in [0.2, 0.25) is 10.0 Å². The van der Waals surface area contributed by atoms with Gasteiger partial charge in [0.1, 0.15) is 18.5 Å². The molecule has 0 radical (unpaired) electrons. The van der Waals surface area contributed by atoms with Crippen LogP contribution in [0, 0.1) is 0 Å². The number of halogens is 2. The monoisotopic (exact) mass is 530 g/mol. The highest BCUT2D eigenvalue weighted by atomic mass is 35.5. The predicted molar refractivity (Wildman–Crippen MR) is 138 cm³/mol. The van der Waals surface area contributed by atoms with Gasteiger partial charge >= 0.3 is 0 Å². The van der Waals surface area contributed by atoms with Gasteiger partial charge in [-0.1, -0.05) is 29.3 Å². The Morgan fingerprint density at radius 2 is 1.92 bits per heavy atom. The molecule has 2 aliphatic rings. The Labute approximate surface area is 220 Å². The average molecular weight is 531 g/mol. The first-order chi connectivity index (χ1) is 17.4. The van der Waals surface area contributed by atoms with Crippen molar-refractivity contribution in [3.05, 3.63) is 76.8 Å². The van der Waals surface area contributed by atoms with Crippen LogP contribution in [0.1, 0.15) is 12.5 Å². The molecule has 1 unspecified atom stereocenters. The fourth-order valence-electron chi connectivity index (χ4n) is 4.60. The van der Waals surface area contributed by atoms with Gasteiger partial charge in [-0.25, -0.2) is 4.98 Å². The minimum Gasteiger partial charge on any atom is -0.491 e. The van der Waals surface area contributed by atoms with E-state index >= 15 is 0 Å². The van der Waals surface area contributed by atoms with E-state index in [1.54, 1.807) is 31.6 Å². The van der Waals surface area contributed by atoms with Crippen molar-refractivity contribution in [2.75, 3.05) is 44.3 Å². The van der Waals surface area contributed by atoms with Crippen LogP contribution in [0.15, 0.2) is 61.2 Å². The molecule has 8 nitrogen and oxygen atoms in total. The highest BCUT2D eigenvalue weighted by Crippen LogP contribution is 2.40. The van der Waals surface area contributed by atoms with Gasteiger partial charge in [0.25, 0.3) is 0 Å². The summed E-state index contributed by atoms with van der Waals surface area (Å²) < 4.78 is 20.6. The van der Waals surface area contributed by atoms with Crippen molar-refractivity contribution < 1.29 is 19.0 Å². The number of carbonyl (C=O) groups is 1. The lowest BCUT2D eigenvalue weighted by Crippen LogP contribution is -2.48. The molecule has 2 fully saturated rings. The van der Waals surface area contributed by atoms with Gasteiger partial charge < -0.3 is 28.6 Å². The van der Waals surface area contributed by atoms with Crippen LogP contribution in [-0.4, -0.2) is 65.9 Å². The van der Waals surface area contributed by atoms with E-state index in [9.17, 15) is 4.79 Å². The van der Waals surface area contributed by atoms with Crippen molar-refractivity contribution in [1.29, 1.82) is 0 Å². The van der Waals surface area contributed by atoms with Crippen LogP contribution in [0.3, 0.4) is 0 Å². The lowest BCUT2D eigenvalue weighted by atomic mass is 10.1. The number of aromatic nitrogens is 2. The van der Waals surface area contributed by atoms with Gasteiger partial charge in [0, 0.05) is 61.8 Å². The maximum Gasteiger partial charge on any atom is 0.219 e. The summed E-state index contributed by atoms with van der Waals surface area (Å²) in [5.41, 5.74) is 1.82. The summed E-state index contributed by atoms with van der Waals surface area (Å²) in [5.74, 6) is -0.201. The number of hydrogen-bond donors (Lipinski definition) is 0. The minimum atomic E-state index is -1.08. The molecule has 2 aliphatic heterocycles. The second-order valence-corrected chi connectivity index (χ2v) is 9.80. The van der Waals surface area contributed by atoms with Crippen molar-refractivity contribution >= 4 is 34.8 Å². The maximum absolute atomic E-state index is 11.6. The number of nitrogens with zero attached hydrogens (tertiary/aromatic N) is 4. The average Bonchev–Trinajstić information content (AvgIpc) is 3.54. The third kappa shape index (κ3) is 5.47. The Hall–Kier alpha value is -2.78. The van der Waals surface area contributed by atoms with Gasteiger partial charge in [0.2, 0.25) is 11.7 Å². The third-order valence-electron chi connectivity index (χ3n) is 6.51. The van der Waals surface area contributed by atoms with E-state index in [2.05, 4.69) is 9.88 Å². The maximum atomic E-state index is 11.6. The number of imidazole rings is 1. The Morgan fingerprint density at radius 3 is 2.58 bits per heavy atom. The van der Waals surface area contributed by atoms with E-state index in [1.165, 1.54) is 0 Å². The van der Waals surface area contributed by atoms with Crippen LogP contribution in [0.5, 0.6) is 5.75 Å². The first kappa shape index (κ1) is 24.9. The SMILES string of the molecule is CC(=O)N1CCN(c2ccc(OCC3CO[C@](Cn4ccnc4)(c4ccc(Cl)cc4Cl)O3)cc2)CC1. The number of rotatable bonds is 7. The molecule has 0 spiro atoms. The predicted octanol–water partition coefficient (Wildman–Crippen LogP) is 4.21. The number of ether oxygens (including phenoxy) is 3. The van der Waals surface area contributed by atoms with Crippen molar-refractivity contribution in [3.63, 3.8) is 0 Å². The van der Waals surface area contributed by atoms with E-state index in [4.69, 9.17) is 37.4 Å². The van der Waals surface area contributed by atoms with Gasteiger partial charge in [0.15, 0.2) is 0 Å². The fourth-order valence-corrected chi connectivity index (χ4v) is 5.15. The van der Waals surface area contributed by atoms with Crippen molar-refractivity contribution in [2.45, 2.75) is 25.4 Å². The van der Waals surface area contributed by atoms with Gasteiger partial charge in [-0.05, 0) is 36.4 Å². The second kappa shape index (κ2) is 10.7. The van der Waals surface area contributed by atoms with Crippen LogP contribution >= 0.6 is 23.2 Å². The van der Waals surface area contributed by atoms with E-state index in [-0.39, 0.29) is 12.0 Å². The topological polar surface area (TPSA) is 69.1 Å². The first-order valence-corrected chi connectivity index (χ1v) is 12.6. The zero-order chi connectivity index (χ0) is 25.1. The molecule has 0 N–H and O–H groups in total. The first-order valence-electron chi connectivity index (χ1n) is 11.9. The molecular weight excluding hydrogens is 503 g/mol. The molecular formula is C26H28Cl2N4O4. The summed E-state index contributed by atoms with van der Waals surface area (Å²) in [6.45, 7) is 5.80. The number of anilines is 1. The number of benzene rings is 2. The summed E-state index contributed by atoms with van der Waals surface area (Å²) >= 11 is 12.7. The number of carbonyl (C=O) groups excluding carboxylic acids is 1. The number of amides is 1. The summed E-state index contributed by atoms with van der Waals surface area (Å²) in [6, 6.07) is 13.3. The molecule has 3 heterocycles. The third-order valence-corrected chi connectivity index (χ3v) is 7.06.